The zero-order chi connectivity index (χ0) is 14.3. The molecular weight excluding hydrogens is 265 g/mol. The Morgan fingerprint density at radius 2 is 2.16 bits per heavy atom. The van der Waals surface area contributed by atoms with Crippen molar-refractivity contribution in [1.29, 1.82) is 0 Å². The minimum atomic E-state index is -0.538. The van der Waals surface area contributed by atoms with E-state index in [4.69, 9.17) is 5.11 Å². The first-order chi connectivity index (χ1) is 9.10. The molecule has 0 bridgehead atoms. The fraction of sp³-hybridized carbons (Fsp3) is 0.500. The quantitative estimate of drug-likeness (QED) is 0.807. The summed E-state index contributed by atoms with van der Waals surface area (Å²) in [6, 6.07) is 6.21. The Balaban J connectivity index is 2.68. The van der Waals surface area contributed by atoms with Crippen LogP contribution in [0, 0.1) is 5.82 Å². The largest absolute Gasteiger partial charge is 0.396 e. The molecule has 2 unspecified atom stereocenters. The zero-order valence-electron chi connectivity index (χ0n) is 11.2. The molecule has 0 radical (unpaired) electrons. The van der Waals surface area contributed by atoms with Gasteiger partial charge in [0.05, 0.1) is 5.92 Å². The number of hydrogen-bond donors (Lipinski definition) is 2. The lowest BCUT2D eigenvalue weighted by Crippen LogP contribution is -2.39. The van der Waals surface area contributed by atoms with Gasteiger partial charge in [0, 0.05) is 18.4 Å². The molecule has 2 atom stereocenters. The molecule has 5 heteroatoms. The second-order valence-electron chi connectivity index (χ2n) is 4.42. The molecule has 1 rings (SSSR count). The topological polar surface area (TPSA) is 49.3 Å². The summed E-state index contributed by atoms with van der Waals surface area (Å²) < 4.78 is 13.6. The molecular formula is C14H20FNO2S. The summed E-state index contributed by atoms with van der Waals surface area (Å²) in [5.41, 5.74) is 0.395. The first kappa shape index (κ1) is 16.0. The van der Waals surface area contributed by atoms with Crippen molar-refractivity contribution < 1.29 is 14.3 Å². The molecule has 0 saturated carbocycles. The average molecular weight is 285 g/mol. The summed E-state index contributed by atoms with van der Waals surface area (Å²) >= 11 is 1.60. The van der Waals surface area contributed by atoms with Crippen LogP contribution in [0.5, 0.6) is 0 Å². The molecule has 0 saturated heterocycles. The lowest BCUT2D eigenvalue weighted by molar-refractivity contribution is -0.122. The molecule has 0 aliphatic heterocycles. The third-order valence-corrected chi connectivity index (χ3v) is 3.69. The van der Waals surface area contributed by atoms with E-state index in [0.29, 0.717) is 12.0 Å². The summed E-state index contributed by atoms with van der Waals surface area (Å²) in [7, 11) is 0. The van der Waals surface area contributed by atoms with Crippen LogP contribution in [0.4, 0.5) is 4.39 Å². The molecule has 1 amide bonds. The number of carbonyl (C=O) groups excluding carboxylic acids is 1. The molecule has 106 valence electrons. The van der Waals surface area contributed by atoms with E-state index in [1.54, 1.807) is 36.9 Å². The van der Waals surface area contributed by atoms with E-state index in [1.165, 1.54) is 6.07 Å². The van der Waals surface area contributed by atoms with Gasteiger partial charge >= 0.3 is 0 Å². The lowest BCUT2D eigenvalue weighted by atomic mass is 9.99. The zero-order valence-corrected chi connectivity index (χ0v) is 12.0. The molecule has 19 heavy (non-hydrogen) atoms. The van der Waals surface area contributed by atoms with E-state index in [1.807, 2.05) is 6.26 Å². The number of aliphatic hydroxyl groups excluding tert-OH is 1. The minimum Gasteiger partial charge on any atom is -0.396 e. The monoisotopic (exact) mass is 285 g/mol. The van der Waals surface area contributed by atoms with Crippen LogP contribution < -0.4 is 5.32 Å². The van der Waals surface area contributed by atoms with Crippen molar-refractivity contribution in [2.24, 2.45) is 0 Å². The van der Waals surface area contributed by atoms with Crippen molar-refractivity contribution in [2.45, 2.75) is 25.3 Å². The van der Waals surface area contributed by atoms with E-state index >= 15 is 0 Å². The first-order valence-electron chi connectivity index (χ1n) is 6.24. The van der Waals surface area contributed by atoms with Gasteiger partial charge in [0.15, 0.2) is 0 Å². The van der Waals surface area contributed by atoms with Crippen molar-refractivity contribution in [3.05, 3.63) is 35.6 Å². The number of halogens is 1. The maximum Gasteiger partial charge on any atom is 0.227 e. The van der Waals surface area contributed by atoms with Crippen molar-refractivity contribution in [1.82, 2.24) is 5.32 Å². The molecule has 0 aliphatic rings. The predicted octanol–water partition coefficient (Wildman–Crippen LogP) is 2.16. The van der Waals surface area contributed by atoms with Gasteiger partial charge in [0.25, 0.3) is 0 Å². The van der Waals surface area contributed by atoms with Crippen LogP contribution in [0.3, 0.4) is 0 Å². The lowest BCUT2D eigenvalue weighted by Gasteiger charge is -2.20. The third-order valence-electron chi connectivity index (χ3n) is 2.96. The van der Waals surface area contributed by atoms with Gasteiger partial charge in [-0.15, -0.1) is 0 Å². The van der Waals surface area contributed by atoms with Crippen LogP contribution in [-0.2, 0) is 4.79 Å². The van der Waals surface area contributed by atoms with Crippen LogP contribution in [0.2, 0.25) is 0 Å². The Morgan fingerprint density at radius 1 is 1.47 bits per heavy atom. The van der Waals surface area contributed by atoms with Gasteiger partial charge < -0.3 is 10.4 Å². The maximum atomic E-state index is 13.6. The highest BCUT2D eigenvalue weighted by molar-refractivity contribution is 7.98. The summed E-state index contributed by atoms with van der Waals surface area (Å²) in [6.45, 7) is 1.71. The van der Waals surface area contributed by atoms with Crippen LogP contribution >= 0.6 is 11.8 Å². The Labute approximate surface area is 117 Å². The van der Waals surface area contributed by atoms with Gasteiger partial charge in [-0.05, 0) is 31.2 Å². The Hall–Kier alpha value is -1.07. The molecule has 0 spiro atoms. The summed E-state index contributed by atoms with van der Waals surface area (Å²) in [6.07, 6.45) is 2.45. The van der Waals surface area contributed by atoms with Gasteiger partial charge in [-0.25, -0.2) is 4.39 Å². The van der Waals surface area contributed by atoms with Crippen molar-refractivity contribution in [3.8, 4) is 0 Å². The number of hydrogen-bond acceptors (Lipinski definition) is 3. The third kappa shape index (κ3) is 4.84. The van der Waals surface area contributed by atoms with Crippen LogP contribution in [-0.4, -0.2) is 35.7 Å². The Bertz CT molecular complexity index is 408. The molecule has 3 nitrogen and oxygen atoms in total. The number of benzene rings is 1. The summed E-state index contributed by atoms with van der Waals surface area (Å²) in [5.74, 6) is -0.383. The molecule has 0 aromatic heterocycles. The molecule has 1 aromatic carbocycles. The number of aliphatic hydroxyl groups is 1. The highest BCUT2D eigenvalue weighted by Gasteiger charge is 2.20. The van der Waals surface area contributed by atoms with Crippen molar-refractivity contribution in [2.75, 3.05) is 18.6 Å². The normalized spacial score (nSPS) is 13.9. The molecule has 1 aromatic rings. The number of thioether (sulfide) groups is 1. The van der Waals surface area contributed by atoms with E-state index in [-0.39, 0.29) is 24.4 Å². The highest BCUT2D eigenvalue weighted by atomic mass is 32.2. The van der Waals surface area contributed by atoms with Gasteiger partial charge in [-0.3, -0.25) is 4.79 Å². The van der Waals surface area contributed by atoms with Crippen LogP contribution in [0.15, 0.2) is 24.3 Å². The van der Waals surface area contributed by atoms with Crippen LogP contribution in [0.1, 0.15) is 24.8 Å². The smallest absolute Gasteiger partial charge is 0.227 e. The SMILES string of the molecule is CSCC(CCO)NC(=O)C(C)c1ccccc1F. The van der Waals surface area contributed by atoms with Crippen molar-refractivity contribution in [3.63, 3.8) is 0 Å². The number of amides is 1. The maximum absolute atomic E-state index is 13.6. The van der Waals surface area contributed by atoms with Gasteiger partial charge in [0.1, 0.15) is 5.82 Å². The number of carbonyl (C=O) groups is 1. The van der Waals surface area contributed by atoms with E-state index in [9.17, 15) is 9.18 Å². The highest BCUT2D eigenvalue weighted by Crippen LogP contribution is 2.19. The minimum absolute atomic E-state index is 0.0274. The standard InChI is InChI=1S/C14H20FNO2S/c1-10(12-5-3-4-6-13(12)15)14(18)16-11(7-8-17)9-19-2/h3-6,10-11,17H,7-9H2,1-2H3,(H,16,18). The Morgan fingerprint density at radius 3 is 2.74 bits per heavy atom. The second-order valence-corrected chi connectivity index (χ2v) is 5.33. The van der Waals surface area contributed by atoms with Gasteiger partial charge in [-0.1, -0.05) is 18.2 Å². The fourth-order valence-corrected chi connectivity index (χ4v) is 2.50. The van der Waals surface area contributed by atoms with E-state index < -0.39 is 5.92 Å². The van der Waals surface area contributed by atoms with Crippen molar-refractivity contribution >= 4 is 17.7 Å². The number of nitrogens with one attached hydrogen (secondary N) is 1. The van der Waals surface area contributed by atoms with Crippen LogP contribution in [0.25, 0.3) is 0 Å². The molecule has 0 fully saturated rings. The first-order valence-corrected chi connectivity index (χ1v) is 7.64. The Kier molecular flexibility index (Phi) is 6.87. The summed E-state index contributed by atoms with van der Waals surface area (Å²) in [4.78, 5) is 12.1. The average Bonchev–Trinajstić information content (AvgIpc) is 2.39. The van der Waals surface area contributed by atoms with E-state index in [2.05, 4.69) is 5.32 Å². The van der Waals surface area contributed by atoms with E-state index in [0.717, 1.165) is 5.75 Å². The molecule has 0 heterocycles. The molecule has 0 aliphatic carbocycles. The molecule has 2 N–H and O–H groups in total. The van der Waals surface area contributed by atoms with Gasteiger partial charge in [0.2, 0.25) is 5.91 Å². The van der Waals surface area contributed by atoms with Gasteiger partial charge in [-0.2, -0.15) is 11.8 Å². The number of rotatable bonds is 7. The fourth-order valence-electron chi connectivity index (χ4n) is 1.85. The summed E-state index contributed by atoms with van der Waals surface area (Å²) in [5, 5.41) is 11.8. The predicted molar refractivity (Wildman–Crippen MR) is 76.8 cm³/mol. The second kappa shape index (κ2) is 8.17.